The number of benzene rings is 1. The Morgan fingerprint density at radius 3 is 2.46 bits per heavy atom. The number of hydrogen-bond donors (Lipinski definition) is 3. The third-order valence-electron chi connectivity index (χ3n) is 5.02. The van der Waals surface area contributed by atoms with Crippen molar-refractivity contribution in [3.05, 3.63) is 23.8 Å². The smallest absolute Gasteiger partial charge is 0.250 e. The van der Waals surface area contributed by atoms with Crippen molar-refractivity contribution in [3.8, 4) is 0 Å². The van der Waals surface area contributed by atoms with Crippen LogP contribution in [-0.4, -0.2) is 44.9 Å². The fraction of sp³-hybridized carbons (Fsp3) is 0.562. The molecule has 0 unspecified atom stereocenters. The van der Waals surface area contributed by atoms with Crippen LogP contribution in [0.15, 0.2) is 18.2 Å². The highest BCUT2D eigenvalue weighted by Gasteiger charge is 2.44. The van der Waals surface area contributed by atoms with Crippen LogP contribution < -0.4 is 15.4 Å². The molecule has 0 bridgehead atoms. The van der Waals surface area contributed by atoms with Crippen molar-refractivity contribution >= 4 is 27.3 Å². The molecule has 0 aromatic heterocycles. The average Bonchev–Trinajstić information content (AvgIpc) is 3.26. The second-order valence-corrected chi connectivity index (χ2v) is 8.57. The van der Waals surface area contributed by atoms with Gasteiger partial charge in [-0.05, 0) is 49.3 Å². The first-order valence-corrected chi connectivity index (χ1v) is 9.80. The van der Waals surface area contributed by atoms with Gasteiger partial charge in [0.15, 0.2) is 0 Å². The monoisotopic (exact) mass is 353 g/mol. The van der Waals surface area contributed by atoms with Crippen molar-refractivity contribution in [2.45, 2.75) is 25.7 Å². The van der Waals surface area contributed by atoms with Crippen LogP contribution in [0.2, 0.25) is 0 Å². The van der Waals surface area contributed by atoms with Crippen LogP contribution in [0.3, 0.4) is 0 Å². The number of sulfonamides is 1. The van der Waals surface area contributed by atoms with Crippen LogP contribution in [0.5, 0.6) is 0 Å². The summed E-state index contributed by atoms with van der Waals surface area (Å²) in [6.45, 7) is 1.23. The summed E-state index contributed by atoms with van der Waals surface area (Å²) in [6.07, 6.45) is 4.74. The fourth-order valence-corrected chi connectivity index (χ4v) is 4.14. The minimum atomic E-state index is -3.61. The molecule has 1 heterocycles. The molecule has 1 aliphatic heterocycles. The van der Waals surface area contributed by atoms with Crippen LogP contribution in [0.4, 0.5) is 11.4 Å². The summed E-state index contributed by atoms with van der Waals surface area (Å²) in [5, 5.41) is 8.82. The Hall–Kier alpha value is -1.80. The van der Waals surface area contributed by atoms with Crippen LogP contribution >= 0.6 is 0 Å². The van der Waals surface area contributed by atoms with Gasteiger partial charge < -0.3 is 15.7 Å². The molecule has 132 valence electrons. The van der Waals surface area contributed by atoms with Crippen molar-refractivity contribution < 1.29 is 18.3 Å². The van der Waals surface area contributed by atoms with Crippen LogP contribution in [0, 0.1) is 5.41 Å². The van der Waals surface area contributed by atoms with Gasteiger partial charge >= 0.3 is 0 Å². The minimum Gasteiger partial charge on any atom is -0.395 e. The zero-order chi connectivity index (χ0) is 17.4. The largest absolute Gasteiger partial charge is 0.395 e. The van der Waals surface area contributed by atoms with Crippen molar-refractivity contribution in [2.75, 3.05) is 35.1 Å². The molecule has 1 aromatic carbocycles. The molecule has 24 heavy (non-hydrogen) atoms. The predicted octanol–water partition coefficient (Wildman–Crippen LogP) is 0.900. The quantitative estimate of drug-likeness (QED) is 0.703. The number of rotatable bonds is 6. The zero-order valence-electron chi connectivity index (χ0n) is 13.5. The van der Waals surface area contributed by atoms with E-state index < -0.39 is 22.5 Å². The summed E-state index contributed by atoms with van der Waals surface area (Å²) in [7, 11) is -3.61. The van der Waals surface area contributed by atoms with Gasteiger partial charge in [0.1, 0.15) is 0 Å². The standard InChI is InChI=1S/C16H23N3O4S/c17-15(21)13-2-1-12(18-24(22,23)10-9-20)11-14(13)19-7-5-16(3-4-16)6-8-19/h1-2,11,18,20H,3-10H2,(H2,17,21). The number of piperidine rings is 1. The van der Waals surface area contributed by atoms with Crippen molar-refractivity contribution in [1.29, 1.82) is 0 Å². The molecule has 2 aliphatic rings. The van der Waals surface area contributed by atoms with E-state index in [2.05, 4.69) is 9.62 Å². The molecule has 0 atom stereocenters. The van der Waals surface area contributed by atoms with Crippen molar-refractivity contribution in [1.82, 2.24) is 0 Å². The third kappa shape index (κ3) is 3.64. The van der Waals surface area contributed by atoms with Gasteiger partial charge in [0.25, 0.3) is 5.91 Å². The maximum absolute atomic E-state index is 11.8. The number of aliphatic hydroxyl groups excluding tert-OH is 1. The number of nitrogens with zero attached hydrogens (tertiary/aromatic N) is 1. The highest BCUT2D eigenvalue weighted by atomic mass is 32.2. The molecular weight excluding hydrogens is 330 g/mol. The van der Waals surface area contributed by atoms with E-state index in [4.69, 9.17) is 10.8 Å². The Bertz CT molecular complexity index is 734. The molecule has 1 saturated heterocycles. The van der Waals surface area contributed by atoms with E-state index in [1.807, 2.05) is 0 Å². The van der Waals surface area contributed by atoms with Crippen molar-refractivity contribution in [2.24, 2.45) is 11.1 Å². The number of primary amides is 1. The summed E-state index contributed by atoms with van der Waals surface area (Å²) in [5.74, 6) is -0.895. The van der Waals surface area contributed by atoms with Gasteiger partial charge in [-0.15, -0.1) is 0 Å². The van der Waals surface area contributed by atoms with Gasteiger partial charge in [-0.3, -0.25) is 9.52 Å². The predicted molar refractivity (Wildman–Crippen MR) is 92.6 cm³/mol. The number of anilines is 2. The molecule has 1 aliphatic carbocycles. The maximum atomic E-state index is 11.8. The minimum absolute atomic E-state index is 0.369. The van der Waals surface area contributed by atoms with Gasteiger partial charge in [-0.1, -0.05) is 0 Å². The van der Waals surface area contributed by atoms with E-state index in [1.165, 1.54) is 18.9 Å². The van der Waals surface area contributed by atoms with Gasteiger partial charge in [-0.2, -0.15) is 0 Å². The van der Waals surface area contributed by atoms with E-state index in [1.54, 1.807) is 12.1 Å². The summed E-state index contributed by atoms with van der Waals surface area (Å²) in [4.78, 5) is 13.8. The lowest BCUT2D eigenvalue weighted by atomic mass is 9.93. The molecular formula is C16H23N3O4S. The van der Waals surface area contributed by atoms with Crippen LogP contribution in [-0.2, 0) is 10.0 Å². The lowest BCUT2D eigenvalue weighted by Crippen LogP contribution is -2.36. The van der Waals surface area contributed by atoms with E-state index in [0.717, 1.165) is 25.9 Å². The fourth-order valence-electron chi connectivity index (χ4n) is 3.31. The molecule has 2 fully saturated rings. The first-order valence-electron chi connectivity index (χ1n) is 8.14. The molecule has 1 aromatic rings. The molecule has 0 radical (unpaired) electrons. The lowest BCUT2D eigenvalue weighted by Gasteiger charge is -2.35. The second kappa shape index (κ2) is 6.25. The van der Waals surface area contributed by atoms with Gasteiger partial charge in [0, 0.05) is 13.1 Å². The van der Waals surface area contributed by atoms with Gasteiger partial charge in [-0.25, -0.2) is 8.42 Å². The van der Waals surface area contributed by atoms with E-state index in [0.29, 0.717) is 22.4 Å². The number of nitrogens with two attached hydrogens (primary N) is 1. The van der Waals surface area contributed by atoms with E-state index in [9.17, 15) is 13.2 Å². The molecule has 1 spiro atoms. The number of aliphatic hydroxyl groups is 1. The second-order valence-electron chi connectivity index (χ2n) is 6.73. The number of carbonyl (C=O) groups is 1. The first kappa shape index (κ1) is 17.0. The van der Waals surface area contributed by atoms with Gasteiger partial charge in [0.2, 0.25) is 10.0 Å². The first-order chi connectivity index (χ1) is 11.3. The number of amides is 1. The van der Waals surface area contributed by atoms with Crippen LogP contribution in [0.25, 0.3) is 0 Å². The Labute approximate surface area is 141 Å². The highest BCUT2D eigenvalue weighted by Crippen LogP contribution is 2.54. The number of hydrogen-bond acceptors (Lipinski definition) is 5. The summed E-state index contributed by atoms with van der Waals surface area (Å²) >= 11 is 0. The molecule has 4 N–H and O–H groups in total. The molecule has 1 amide bonds. The molecule has 8 heteroatoms. The van der Waals surface area contributed by atoms with E-state index in [-0.39, 0.29) is 5.75 Å². The number of carbonyl (C=O) groups excluding carboxylic acids is 1. The Morgan fingerprint density at radius 1 is 1.25 bits per heavy atom. The summed E-state index contributed by atoms with van der Waals surface area (Å²) in [6, 6.07) is 4.72. The zero-order valence-corrected chi connectivity index (χ0v) is 14.3. The number of nitrogens with one attached hydrogen (secondary N) is 1. The Balaban J connectivity index is 1.85. The summed E-state index contributed by atoms with van der Waals surface area (Å²) < 4.78 is 26.1. The van der Waals surface area contributed by atoms with E-state index >= 15 is 0 Å². The topological polar surface area (TPSA) is 113 Å². The third-order valence-corrected chi connectivity index (χ3v) is 6.29. The average molecular weight is 353 g/mol. The highest BCUT2D eigenvalue weighted by molar-refractivity contribution is 7.92. The Morgan fingerprint density at radius 2 is 1.92 bits per heavy atom. The normalized spacial score (nSPS) is 19.3. The molecule has 3 rings (SSSR count). The summed E-state index contributed by atoms with van der Waals surface area (Å²) in [5.41, 5.74) is 7.41. The molecule has 1 saturated carbocycles. The van der Waals surface area contributed by atoms with Gasteiger partial charge in [0.05, 0.1) is 29.3 Å². The van der Waals surface area contributed by atoms with Crippen LogP contribution in [0.1, 0.15) is 36.0 Å². The maximum Gasteiger partial charge on any atom is 0.250 e. The SMILES string of the molecule is NC(=O)c1ccc(NS(=O)(=O)CCO)cc1N1CCC2(CC1)CC2. The van der Waals surface area contributed by atoms with Crippen molar-refractivity contribution in [3.63, 3.8) is 0 Å². The molecule has 7 nitrogen and oxygen atoms in total. The lowest BCUT2D eigenvalue weighted by molar-refractivity contribution is 0.100. The Kier molecular flexibility index (Phi) is 4.44.